The molecule has 28 heavy (non-hydrogen) atoms. The van der Waals surface area contributed by atoms with E-state index in [1.165, 1.54) is 16.3 Å². The normalized spacial score (nSPS) is 15.1. The van der Waals surface area contributed by atoms with Crippen LogP contribution in [0.25, 0.3) is 10.8 Å². The monoisotopic (exact) mass is 377 g/mol. The lowest BCUT2D eigenvalue weighted by Crippen LogP contribution is -3.12. The summed E-state index contributed by atoms with van der Waals surface area (Å²) < 4.78 is 11.1. The molecule has 5 heteroatoms. The fourth-order valence-electron chi connectivity index (χ4n) is 3.42. The van der Waals surface area contributed by atoms with Crippen molar-refractivity contribution in [2.45, 2.75) is 19.5 Å². The second-order valence-electron chi connectivity index (χ2n) is 7.27. The molecule has 0 aromatic heterocycles. The Kier molecular flexibility index (Phi) is 5.17. The molecule has 1 heterocycles. The molecule has 0 fully saturated rings. The first-order valence-corrected chi connectivity index (χ1v) is 9.60. The van der Waals surface area contributed by atoms with Crippen LogP contribution in [-0.2, 0) is 11.3 Å². The standard InChI is InChI=1S/C23H24N2O3/c1-16(23(26)24-20-9-10-21-22(14-20)28-12-11-27-21)25(2)15-17-7-8-18-5-3-4-6-19(18)13-17/h3-10,13-14,16H,11-12,15H2,1-2H3,(H,24,26)/p+1/t16-/m1/s1. The molecule has 5 nitrogen and oxygen atoms in total. The van der Waals surface area contributed by atoms with Gasteiger partial charge in [-0.3, -0.25) is 4.79 Å². The van der Waals surface area contributed by atoms with E-state index in [-0.39, 0.29) is 11.9 Å². The summed E-state index contributed by atoms with van der Waals surface area (Å²) in [6.07, 6.45) is 0. The number of anilines is 1. The van der Waals surface area contributed by atoms with Gasteiger partial charge < -0.3 is 19.7 Å². The molecule has 0 aliphatic carbocycles. The van der Waals surface area contributed by atoms with Crippen molar-refractivity contribution in [1.82, 2.24) is 0 Å². The largest absolute Gasteiger partial charge is 0.486 e. The van der Waals surface area contributed by atoms with E-state index in [1.54, 1.807) is 0 Å². The lowest BCUT2D eigenvalue weighted by atomic mass is 10.1. The van der Waals surface area contributed by atoms with E-state index in [0.717, 1.165) is 22.9 Å². The van der Waals surface area contributed by atoms with Crippen LogP contribution in [0.1, 0.15) is 12.5 Å². The summed E-state index contributed by atoms with van der Waals surface area (Å²) in [5.74, 6) is 1.37. The molecular formula is C23H25N2O3+. The van der Waals surface area contributed by atoms with Gasteiger partial charge in [-0.15, -0.1) is 0 Å². The summed E-state index contributed by atoms with van der Waals surface area (Å²) in [4.78, 5) is 13.9. The predicted molar refractivity (Wildman–Crippen MR) is 110 cm³/mol. The third-order valence-corrected chi connectivity index (χ3v) is 5.24. The van der Waals surface area contributed by atoms with Crippen molar-refractivity contribution >= 4 is 22.4 Å². The van der Waals surface area contributed by atoms with Crippen molar-refractivity contribution in [3.63, 3.8) is 0 Å². The third-order valence-electron chi connectivity index (χ3n) is 5.24. The lowest BCUT2D eigenvalue weighted by Gasteiger charge is -2.22. The molecule has 0 radical (unpaired) electrons. The molecular weight excluding hydrogens is 352 g/mol. The van der Waals surface area contributed by atoms with Gasteiger partial charge in [-0.1, -0.05) is 36.4 Å². The number of hydrogen-bond acceptors (Lipinski definition) is 3. The van der Waals surface area contributed by atoms with Gasteiger partial charge in [-0.2, -0.15) is 0 Å². The van der Waals surface area contributed by atoms with E-state index in [2.05, 4.69) is 35.6 Å². The van der Waals surface area contributed by atoms with Crippen LogP contribution in [0.3, 0.4) is 0 Å². The van der Waals surface area contributed by atoms with Gasteiger partial charge in [0.25, 0.3) is 5.91 Å². The number of likely N-dealkylation sites (N-methyl/N-ethyl adjacent to an activating group) is 1. The van der Waals surface area contributed by atoms with Crippen LogP contribution in [0.2, 0.25) is 0 Å². The minimum absolute atomic E-state index is 0.0185. The Hall–Kier alpha value is -3.05. The van der Waals surface area contributed by atoms with Gasteiger partial charge in [0, 0.05) is 17.3 Å². The van der Waals surface area contributed by atoms with E-state index < -0.39 is 0 Å². The van der Waals surface area contributed by atoms with Gasteiger partial charge >= 0.3 is 0 Å². The minimum atomic E-state index is -0.195. The molecule has 0 spiro atoms. The maximum Gasteiger partial charge on any atom is 0.282 e. The number of nitrogens with one attached hydrogen (secondary N) is 2. The number of fused-ring (bicyclic) bond motifs is 2. The van der Waals surface area contributed by atoms with Gasteiger partial charge in [0.05, 0.1) is 7.05 Å². The molecule has 3 aromatic rings. The zero-order valence-corrected chi connectivity index (χ0v) is 16.2. The van der Waals surface area contributed by atoms with Crippen LogP contribution >= 0.6 is 0 Å². The number of carbonyl (C=O) groups excluding carboxylic acids is 1. The van der Waals surface area contributed by atoms with Crippen molar-refractivity contribution in [3.05, 3.63) is 66.2 Å². The van der Waals surface area contributed by atoms with Crippen molar-refractivity contribution in [2.75, 3.05) is 25.6 Å². The Morgan fingerprint density at radius 3 is 2.57 bits per heavy atom. The van der Waals surface area contributed by atoms with Crippen LogP contribution in [0, 0.1) is 0 Å². The van der Waals surface area contributed by atoms with Gasteiger partial charge in [-0.25, -0.2) is 0 Å². The van der Waals surface area contributed by atoms with Crippen molar-refractivity contribution in [3.8, 4) is 11.5 Å². The number of quaternary nitrogens is 1. The summed E-state index contributed by atoms with van der Waals surface area (Å²) >= 11 is 0. The second kappa shape index (κ2) is 7.90. The molecule has 2 N–H and O–H groups in total. The number of hydrogen-bond donors (Lipinski definition) is 2. The zero-order valence-electron chi connectivity index (χ0n) is 16.2. The van der Waals surface area contributed by atoms with Gasteiger partial charge in [0.15, 0.2) is 17.5 Å². The van der Waals surface area contributed by atoms with Crippen molar-refractivity contribution < 1.29 is 19.2 Å². The maximum atomic E-state index is 12.7. The number of rotatable bonds is 5. The van der Waals surface area contributed by atoms with E-state index in [1.807, 2.05) is 44.3 Å². The molecule has 1 amide bonds. The minimum Gasteiger partial charge on any atom is -0.486 e. The highest BCUT2D eigenvalue weighted by atomic mass is 16.6. The summed E-state index contributed by atoms with van der Waals surface area (Å²) in [5, 5.41) is 5.45. The Morgan fingerprint density at radius 1 is 1.00 bits per heavy atom. The quantitative estimate of drug-likeness (QED) is 0.719. The van der Waals surface area contributed by atoms with E-state index in [4.69, 9.17) is 9.47 Å². The predicted octanol–water partition coefficient (Wildman–Crippen LogP) is 2.65. The number of amides is 1. The van der Waals surface area contributed by atoms with Crippen LogP contribution in [-0.4, -0.2) is 32.2 Å². The summed E-state index contributed by atoms with van der Waals surface area (Å²) in [5.41, 5.74) is 1.94. The van der Waals surface area contributed by atoms with Gasteiger partial charge in [0.1, 0.15) is 19.8 Å². The number of ether oxygens (including phenoxy) is 2. The van der Waals surface area contributed by atoms with E-state index in [0.29, 0.717) is 19.0 Å². The molecule has 1 aliphatic heterocycles. The fourth-order valence-corrected chi connectivity index (χ4v) is 3.42. The van der Waals surface area contributed by atoms with E-state index >= 15 is 0 Å². The molecule has 4 rings (SSSR count). The Labute approximate surface area is 164 Å². The molecule has 1 unspecified atom stereocenters. The van der Waals surface area contributed by atoms with Gasteiger partial charge in [-0.05, 0) is 35.9 Å². The molecule has 2 atom stereocenters. The Morgan fingerprint density at radius 2 is 1.75 bits per heavy atom. The van der Waals surface area contributed by atoms with Crippen LogP contribution in [0.4, 0.5) is 5.69 Å². The highest BCUT2D eigenvalue weighted by Gasteiger charge is 2.23. The average molecular weight is 377 g/mol. The van der Waals surface area contributed by atoms with E-state index in [9.17, 15) is 4.79 Å². The maximum absolute atomic E-state index is 12.7. The molecule has 0 saturated heterocycles. The van der Waals surface area contributed by atoms with Crippen LogP contribution < -0.4 is 19.7 Å². The van der Waals surface area contributed by atoms with Gasteiger partial charge in [0.2, 0.25) is 0 Å². The third kappa shape index (κ3) is 3.94. The molecule has 0 saturated carbocycles. The second-order valence-corrected chi connectivity index (χ2v) is 7.27. The highest BCUT2D eigenvalue weighted by molar-refractivity contribution is 5.94. The van der Waals surface area contributed by atoms with Crippen LogP contribution in [0.5, 0.6) is 11.5 Å². The number of benzene rings is 3. The summed E-state index contributed by atoms with van der Waals surface area (Å²) in [6.45, 7) is 3.81. The lowest BCUT2D eigenvalue weighted by molar-refractivity contribution is -0.907. The van der Waals surface area contributed by atoms with Crippen molar-refractivity contribution in [2.24, 2.45) is 0 Å². The highest BCUT2D eigenvalue weighted by Crippen LogP contribution is 2.32. The van der Waals surface area contributed by atoms with Crippen molar-refractivity contribution in [1.29, 1.82) is 0 Å². The first-order valence-electron chi connectivity index (χ1n) is 9.60. The molecule has 1 aliphatic rings. The first kappa shape index (κ1) is 18.3. The summed E-state index contributed by atoms with van der Waals surface area (Å²) in [7, 11) is 2.04. The average Bonchev–Trinajstić information content (AvgIpc) is 2.73. The Balaban J connectivity index is 1.41. The molecule has 0 bridgehead atoms. The molecule has 144 valence electrons. The summed E-state index contributed by atoms with van der Waals surface area (Å²) in [6, 6.07) is 20.1. The Bertz CT molecular complexity index is 1000. The SMILES string of the molecule is C[C@H](C(=O)Nc1ccc2c(c1)OCCO2)[NH+](C)Cc1ccc2ccccc2c1. The fraction of sp³-hybridized carbons (Fsp3) is 0.261. The smallest absolute Gasteiger partial charge is 0.282 e. The molecule has 3 aromatic carbocycles. The van der Waals surface area contributed by atoms with Crippen LogP contribution in [0.15, 0.2) is 60.7 Å². The number of carbonyl (C=O) groups is 1. The first-order chi connectivity index (χ1) is 13.6. The zero-order chi connectivity index (χ0) is 19.5. The topological polar surface area (TPSA) is 52.0 Å².